The van der Waals surface area contributed by atoms with E-state index in [0.29, 0.717) is 6.61 Å². The first-order valence-electron chi connectivity index (χ1n) is 6.99. The summed E-state index contributed by atoms with van der Waals surface area (Å²) in [5.74, 6) is 0.643. The SMILES string of the molecule is CC(COc1ccc(C(C)(C)C)cc1)NC(=O)[C@@H](C)N. The largest absolute Gasteiger partial charge is 0.491 e. The molecule has 0 bridgehead atoms. The van der Waals surface area contributed by atoms with Crippen molar-refractivity contribution in [2.24, 2.45) is 5.73 Å². The maximum atomic E-state index is 11.4. The second kappa shape index (κ2) is 6.75. The maximum absolute atomic E-state index is 11.4. The van der Waals surface area contributed by atoms with Gasteiger partial charge in [-0.15, -0.1) is 0 Å². The van der Waals surface area contributed by atoms with Crippen LogP contribution in [0, 0.1) is 0 Å². The van der Waals surface area contributed by atoms with Gasteiger partial charge in [0.25, 0.3) is 0 Å². The van der Waals surface area contributed by atoms with Crippen molar-refractivity contribution in [2.45, 2.75) is 52.1 Å². The molecule has 1 unspecified atom stereocenters. The van der Waals surface area contributed by atoms with Crippen LogP contribution in [0.1, 0.15) is 40.2 Å². The number of carbonyl (C=O) groups excluding carboxylic acids is 1. The molecular weight excluding hydrogens is 252 g/mol. The minimum Gasteiger partial charge on any atom is -0.491 e. The van der Waals surface area contributed by atoms with Crippen molar-refractivity contribution in [1.82, 2.24) is 5.32 Å². The summed E-state index contributed by atoms with van der Waals surface area (Å²) in [4.78, 5) is 11.4. The minimum absolute atomic E-state index is 0.0733. The first kappa shape index (κ1) is 16.5. The number of ether oxygens (including phenoxy) is 1. The van der Waals surface area contributed by atoms with E-state index in [1.165, 1.54) is 5.56 Å². The third kappa shape index (κ3) is 5.21. The summed E-state index contributed by atoms with van der Waals surface area (Å²) >= 11 is 0. The molecule has 0 saturated heterocycles. The molecule has 1 amide bonds. The van der Waals surface area contributed by atoms with Crippen molar-refractivity contribution in [3.8, 4) is 5.75 Å². The van der Waals surface area contributed by atoms with Crippen LogP contribution < -0.4 is 15.8 Å². The monoisotopic (exact) mass is 278 g/mol. The molecule has 0 aliphatic heterocycles. The fourth-order valence-electron chi connectivity index (χ4n) is 1.69. The van der Waals surface area contributed by atoms with Crippen molar-refractivity contribution < 1.29 is 9.53 Å². The van der Waals surface area contributed by atoms with Crippen LogP contribution in [-0.4, -0.2) is 24.6 Å². The molecule has 0 aliphatic rings. The van der Waals surface area contributed by atoms with Crippen LogP contribution in [0.4, 0.5) is 0 Å². The highest BCUT2D eigenvalue weighted by molar-refractivity contribution is 5.81. The first-order valence-corrected chi connectivity index (χ1v) is 6.99. The Balaban J connectivity index is 2.48. The van der Waals surface area contributed by atoms with Gasteiger partial charge in [0, 0.05) is 0 Å². The molecule has 0 saturated carbocycles. The quantitative estimate of drug-likeness (QED) is 0.868. The number of nitrogens with two attached hydrogens (primary N) is 1. The van der Waals surface area contributed by atoms with Gasteiger partial charge in [0.15, 0.2) is 0 Å². The summed E-state index contributed by atoms with van der Waals surface area (Å²) < 4.78 is 5.66. The Labute approximate surface area is 121 Å². The standard InChI is InChI=1S/C16H26N2O2/c1-11(18-15(19)12(2)17)10-20-14-8-6-13(7-9-14)16(3,4)5/h6-9,11-12H,10,17H2,1-5H3,(H,18,19)/t11?,12-/m1/s1. The summed E-state index contributed by atoms with van der Waals surface area (Å²) in [5, 5.41) is 2.80. The predicted molar refractivity (Wildman–Crippen MR) is 81.9 cm³/mol. The molecule has 20 heavy (non-hydrogen) atoms. The Kier molecular flexibility index (Phi) is 5.57. The lowest BCUT2D eigenvalue weighted by molar-refractivity contribution is -0.122. The number of hydrogen-bond donors (Lipinski definition) is 2. The third-order valence-corrected chi connectivity index (χ3v) is 3.02. The van der Waals surface area contributed by atoms with Crippen molar-refractivity contribution in [2.75, 3.05) is 6.61 Å². The lowest BCUT2D eigenvalue weighted by Gasteiger charge is -2.20. The van der Waals surface area contributed by atoms with Crippen molar-refractivity contribution in [3.63, 3.8) is 0 Å². The van der Waals surface area contributed by atoms with Crippen LogP contribution in [0.25, 0.3) is 0 Å². The van der Waals surface area contributed by atoms with E-state index in [-0.39, 0.29) is 17.4 Å². The topological polar surface area (TPSA) is 64.3 Å². The molecule has 4 heteroatoms. The van der Waals surface area contributed by atoms with Crippen LogP contribution in [0.15, 0.2) is 24.3 Å². The van der Waals surface area contributed by atoms with Crippen LogP contribution >= 0.6 is 0 Å². The summed E-state index contributed by atoms with van der Waals surface area (Å²) in [5.41, 5.74) is 6.90. The number of benzene rings is 1. The second-order valence-electron chi connectivity index (χ2n) is 6.28. The van der Waals surface area contributed by atoms with E-state index in [2.05, 4.69) is 38.2 Å². The number of nitrogens with one attached hydrogen (secondary N) is 1. The van der Waals surface area contributed by atoms with Gasteiger partial charge in [0.2, 0.25) is 5.91 Å². The van der Waals surface area contributed by atoms with Gasteiger partial charge in [0.05, 0.1) is 12.1 Å². The smallest absolute Gasteiger partial charge is 0.236 e. The number of hydrogen-bond acceptors (Lipinski definition) is 3. The van der Waals surface area contributed by atoms with Gasteiger partial charge in [-0.05, 0) is 37.0 Å². The number of amides is 1. The summed E-state index contributed by atoms with van der Waals surface area (Å²) in [6.45, 7) is 10.5. The lowest BCUT2D eigenvalue weighted by Crippen LogP contribution is -2.44. The maximum Gasteiger partial charge on any atom is 0.236 e. The van der Waals surface area contributed by atoms with Crippen LogP contribution in [-0.2, 0) is 10.2 Å². The highest BCUT2D eigenvalue weighted by Gasteiger charge is 2.14. The molecule has 1 rings (SSSR count). The van der Waals surface area contributed by atoms with E-state index < -0.39 is 6.04 Å². The Morgan fingerprint density at radius 1 is 1.25 bits per heavy atom. The van der Waals surface area contributed by atoms with Crippen molar-refractivity contribution in [3.05, 3.63) is 29.8 Å². The molecule has 0 aromatic heterocycles. The van der Waals surface area contributed by atoms with Crippen LogP contribution in [0.5, 0.6) is 5.75 Å². The fourth-order valence-corrected chi connectivity index (χ4v) is 1.69. The summed E-state index contributed by atoms with van der Waals surface area (Å²) in [7, 11) is 0. The van der Waals surface area contributed by atoms with E-state index in [0.717, 1.165) is 5.75 Å². The molecular formula is C16H26N2O2. The molecule has 1 aromatic rings. The van der Waals surface area contributed by atoms with Crippen molar-refractivity contribution in [1.29, 1.82) is 0 Å². The van der Waals surface area contributed by atoms with Crippen LogP contribution in [0.3, 0.4) is 0 Å². The molecule has 0 fully saturated rings. The van der Waals surface area contributed by atoms with E-state index in [1.807, 2.05) is 19.1 Å². The average molecular weight is 278 g/mol. The number of carbonyl (C=O) groups is 1. The third-order valence-electron chi connectivity index (χ3n) is 3.02. The molecule has 3 N–H and O–H groups in total. The molecule has 0 spiro atoms. The van der Waals surface area contributed by atoms with Gasteiger partial charge in [-0.25, -0.2) is 0 Å². The highest BCUT2D eigenvalue weighted by Crippen LogP contribution is 2.24. The van der Waals surface area contributed by atoms with Crippen LogP contribution in [0.2, 0.25) is 0 Å². The minimum atomic E-state index is -0.497. The van der Waals surface area contributed by atoms with Crippen molar-refractivity contribution >= 4 is 5.91 Å². The van der Waals surface area contributed by atoms with Gasteiger partial charge in [-0.1, -0.05) is 32.9 Å². The normalized spacial score (nSPS) is 14.5. The predicted octanol–water partition coefficient (Wildman–Crippen LogP) is 2.21. The van der Waals surface area contributed by atoms with Gasteiger partial charge in [-0.3, -0.25) is 4.79 Å². The molecule has 112 valence electrons. The molecule has 1 aromatic carbocycles. The molecule has 0 heterocycles. The van der Waals surface area contributed by atoms with Gasteiger partial charge >= 0.3 is 0 Å². The second-order valence-corrected chi connectivity index (χ2v) is 6.28. The Bertz CT molecular complexity index is 433. The Morgan fingerprint density at radius 2 is 1.80 bits per heavy atom. The fraction of sp³-hybridized carbons (Fsp3) is 0.562. The first-order chi connectivity index (χ1) is 9.20. The van der Waals surface area contributed by atoms with Gasteiger partial charge in [0.1, 0.15) is 12.4 Å². The molecule has 2 atom stereocenters. The number of rotatable bonds is 5. The Hall–Kier alpha value is -1.55. The zero-order valence-corrected chi connectivity index (χ0v) is 13.1. The Morgan fingerprint density at radius 3 is 2.25 bits per heavy atom. The summed E-state index contributed by atoms with van der Waals surface area (Å²) in [6, 6.07) is 7.49. The lowest BCUT2D eigenvalue weighted by atomic mass is 9.87. The van der Waals surface area contributed by atoms with Gasteiger partial charge in [-0.2, -0.15) is 0 Å². The van der Waals surface area contributed by atoms with E-state index in [4.69, 9.17) is 10.5 Å². The average Bonchev–Trinajstić information content (AvgIpc) is 2.35. The van der Waals surface area contributed by atoms with E-state index in [1.54, 1.807) is 6.92 Å². The highest BCUT2D eigenvalue weighted by atomic mass is 16.5. The molecule has 0 aliphatic carbocycles. The summed E-state index contributed by atoms with van der Waals surface area (Å²) in [6.07, 6.45) is 0. The molecule has 0 radical (unpaired) electrons. The van der Waals surface area contributed by atoms with E-state index >= 15 is 0 Å². The zero-order valence-electron chi connectivity index (χ0n) is 13.1. The van der Waals surface area contributed by atoms with E-state index in [9.17, 15) is 4.79 Å². The van der Waals surface area contributed by atoms with Gasteiger partial charge < -0.3 is 15.8 Å². The molecule has 4 nitrogen and oxygen atoms in total. The zero-order chi connectivity index (χ0) is 15.3.